The van der Waals surface area contributed by atoms with Crippen molar-refractivity contribution >= 4 is 12.0 Å². The highest BCUT2D eigenvalue weighted by Gasteiger charge is 1.95. The highest BCUT2D eigenvalue weighted by Crippen LogP contribution is 2.24. The summed E-state index contributed by atoms with van der Waals surface area (Å²) in [5.41, 5.74) is 10.2. The third-order valence-corrected chi connectivity index (χ3v) is 1.38. The number of hydrogen-bond acceptors (Lipinski definition) is 4. The molecule has 0 aliphatic rings. The maximum absolute atomic E-state index is 8.93. The molecule has 0 bridgehead atoms. The van der Waals surface area contributed by atoms with Crippen LogP contribution >= 0.6 is 0 Å². The van der Waals surface area contributed by atoms with Crippen molar-refractivity contribution in [2.24, 2.45) is 22.4 Å². The van der Waals surface area contributed by atoms with Crippen molar-refractivity contribution in [3.05, 3.63) is 30.3 Å². The summed E-state index contributed by atoms with van der Waals surface area (Å²) in [5, 5.41) is 20.6. The third-order valence-electron chi connectivity index (χ3n) is 1.38. The summed E-state index contributed by atoms with van der Waals surface area (Å²) in [5.74, 6) is 4.20. The van der Waals surface area contributed by atoms with Crippen molar-refractivity contribution in [2.45, 2.75) is 0 Å². The van der Waals surface area contributed by atoms with Gasteiger partial charge in [-0.05, 0) is 17.7 Å². The normalized spacial score (nSPS) is 8.27. The molecule has 0 amide bonds. The molecule has 6 heteroatoms. The lowest BCUT2D eigenvalue weighted by Crippen LogP contribution is -2.23. The van der Waals surface area contributed by atoms with Gasteiger partial charge in [0.25, 0.3) is 0 Å². The number of rotatable bonds is 1. The Hall–Kier alpha value is -2.37. The van der Waals surface area contributed by atoms with Gasteiger partial charge in [-0.1, -0.05) is 18.7 Å². The zero-order chi connectivity index (χ0) is 11.8. The molecule has 15 heavy (non-hydrogen) atoms. The van der Waals surface area contributed by atoms with E-state index in [4.69, 9.17) is 21.7 Å². The van der Waals surface area contributed by atoms with Gasteiger partial charge in [0.05, 0.1) is 0 Å². The molecule has 0 radical (unpaired) electrons. The second kappa shape index (κ2) is 6.14. The minimum Gasteiger partial charge on any atom is -0.504 e. The van der Waals surface area contributed by atoms with Crippen LogP contribution in [-0.4, -0.2) is 16.2 Å². The maximum Gasteiger partial charge on any atom is 0.208 e. The van der Waals surface area contributed by atoms with Crippen LogP contribution in [0.25, 0.3) is 6.08 Å². The highest BCUT2D eigenvalue weighted by molar-refractivity contribution is 5.75. The van der Waals surface area contributed by atoms with Crippen molar-refractivity contribution in [3.8, 4) is 11.5 Å². The number of phenolic OH excluding ortho intramolecular Hbond substituents is 2. The lowest BCUT2D eigenvalue weighted by molar-refractivity contribution is 0.403. The van der Waals surface area contributed by atoms with Gasteiger partial charge in [-0.25, -0.2) is 0 Å². The molecule has 0 saturated heterocycles. The molecule has 0 spiro atoms. The minimum absolute atomic E-state index is 0.0926. The molecule has 0 aromatic heterocycles. The molecular weight excluding hydrogens is 196 g/mol. The fraction of sp³-hybridized carbons (Fsp3) is 0. The van der Waals surface area contributed by atoms with Crippen molar-refractivity contribution in [1.82, 2.24) is 0 Å². The van der Waals surface area contributed by atoms with Crippen molar-refractivity contribution in [3.63, 3.8) is 0 Å². The summed E-state index contributed by atoms with van der Waals surface area (Å²) in [7, 11) is 0. The van der Waals surface area contributed by atoms with Gasteiger partial charge in [0.1, 0.15) is 0 Å². The number of benzene rings is 1. The Morgan fingerprint density at radius 1 is 1.27 bits per heavy atom. The van der Waals surface area contributed by atoms with Gasteiger partial charge in [-0.3, -0.25) is 0 Å². The molecule has 0 saturated carbocycles. The Morgan fingerprint density at radius 3 is 2.13 bits per heavy atom. The van der Waals surface area contributed by atoms with Crippen LogP contribution in [0, 0.1) is 0 Å². The zero-order valence-corrected chi connectivity index (χ0v) is 8.09. The first-order chi connectivity index (χ1) is 7.01. The van der Waals surface area contributed by atoms with E-state index in [9.17, 15) is 0 Å². The number of nitrogens with zero attached hydrogens (tertiary/aromatic N) is 1. The van der Waals surface area contributed by atoms with Gasteiger partial charge in [0.15, 0.2) is 11.5 Å². The van der Waals surface area contributed by atoms with Gasteiger partial charge in [0, 0.05) is 0 Å². The number of guanidine groups is 1. The van der Waals surface area contributed by atoms with E-state index >= 15 is 0 Å². The van der Waals surface area contributed by atoms with E-state index in [-0.39, 0.29) is 17.5 Å². The van der Waals surface area contributed by atoms with E-state index in [1.54, 1.807) is 12.1 Å². The quantitative estimate of drug-likeness (QED) is 0.145. The smallest absolute Gasteiger partial charge is 0.208 e. The Balaban J connectivity index is 0.000000336. The molecule has 0 aliphatic carbocycles. The molecule has 1 rings (SSSR count). The molecule has 6 nitrogen and oxygen atoms in total. The Kier molecular flexibility index (Phi) is 5.17. The maximum atomic E-state index is 8.93. The van der Waals surface area contributed by atoms with Crippen molar-refractivity contribution < 1.29 is 10.2 Å². The summed E-state index contributed by atoms with van der Waals surface area (Å²) >= 11 is 0. The second-order valence-electron chi connectivity index (χ2n) is 2.51. The van der Waals surface area contributed by atoms with E-state index in [1.165, 1.54) is 12.1 Å². The highest BCUT2D eigenvalue weighted by atomic mass is 16.3. The van der Waals surface area contributed by atoms with E-state index < -0.39 is 0 Å². The molecule has 82 valence electrons. The minimum atomic E-state index is -0.114. The lowest BCUT2D eigenvalue weighted by atomic mass is 10.2. The first-order valence-corrected chi connectivity index (χ1v) is 3.94. The Bertz CT molecular complexity index is 359. The fourth-order valence-electron chi connectivity index (χ4n) is 0.667. The van der Waals surface area contributed by atoms with Gasteiger partial charge in [0.2, 0.25) is 5.96 Å². The lowest BCUT2D eigenvalue weighted by Gasteiger charge is -1.96. The van der Waals surface area contributed by atoms with Crippen LogP contribution in [0.2, 0.25) is 0 Å². The van der Waals surface area contributed by atoms with Crippen molar-refractivity contribution in [2.75, 3.05) is 0 Å². The average Bonchev–Trinajstić information content (AvgIpc) is 2.23. The van der Waals surface area contributed by atoms with Crippen LogP contribution in [0.15, 0.2) is 29.9 Å². The van der Waals surface area contributed by atoms with Crippen LogP contribution in [-0.2, 0) is 0 Å². The van der Waals surface area contributed by atoms with E-state index in [0.717, 1.165) is 5.56 Å². The molecule has 8 N–H and O–H groups in total. The molecule has 0 fully saturated rings. The summed E-state index contributed by atoms with van der Waals surface area (Å²) in [6.45, 7) is 3.51. The van der Waals surface area contributed by atoms with Gasteiger partial charge >= 0.3 is 0 Å². The monoisotopic (exact) mass is 210 g/mol. The van der Waals surface area contributed by atoms with Crippen LogP contribution < -0.4 is 17.3 Å². The van der Waals surface area contributed by atoms with E-state index in [2.05, 4.69) is 17.5 Å². The van der Waals surface area contributed by atoms with Crippen LogP contribution in [0.5, 0.6) is 11.5 Å². The molecule has 0 aliphatic heterocycles. The molecule has 0 heterocycles. The number of hydrazone groups is 1. The summed E-state index contributed by atoms with van der Waals surface area (Å²) in [6, 6.07) is 4.54. The van der Waals surface area contributed by atoms with Gasteiger partial charge in [-0.15, -0.1) is 5.10 Å². The summed E-state index contributed by atoms with van der Waals surface area (Å²) in [6.07, 6.45) is 1.60. The Morgan fingerprint density at radius 2 is 1.80 bits per heavy atom. The largest absolute Gasteiger partial charge is 0.504 e. The van der Waals surface area contributed by atoms with Crippen LogP contribution in [0.4, 0.5) is 0 Å². The van der Waals surface area contributed by atoms with Gasteiger partial charge < -0.3 is 27.5 Å². The predicted molar refractivity (Wildman–Crippen MR) is 59.9 cm³/mol. The summed E-state index contributed by atoms with van der Waals surface area (Å²) in [4.78, 5) is 0. The third kappa shape index (κ3) is 5.04. The fourth-order valence-corrected chi connectivity index (χ4v) is 0.667. The summed E-state index contributed by atoms with van der Waals surface area (Å²) < 4.78 is 0. The predicted octanol–water partition coefficient (Wildman–Crippen LogP) is -0.126. The SMILES string of the molecule is C=Cc1ccc(O)c(O)c1.NN=C(N)N. The van der Waals surface area contributed by atoms with Crippen LogP contribution in [0.3, 0.4) is 0 Å². The number of nitrogens with two attached hydrogens (primary N) is 3. The van der Waals surface area contributed by atoms with Crippen LogP contribution in [0.1, 0.15) is 5.56 Å². The van der Waals surface area contributed by atoms with Crippen molar-refractivity contribution in [1.29, 1.82) is 0 Å². The molecule has 1 aromatic rings. The first-order valence-electron chi connectivity index (χ1n) is 3.94. The molecule has 0 unspecified atom stereocenters. The molecule has 0 atom stereocenters. The number of hydrogen-bond donors (Lipinski definition) is 5. The van der Waals surface area contributed by atoms with E-state index in [1.807, 2.05) is 0 Å². The zero-order valence-electron chi connectivity index (χ0n) is 8.09. The number of phenols is 2. The first kappa shape index (κ1) is 12.6. The topological polar surface area (TPSA) is 131 Å². The average molecular weight is 210 g/mol. The van der Waals surface area contributed by atoms with Gasteiger partial charge in [-0.2, -0.15) is 0 Å². The Labute approximate surface area is 87.3 Å². The molecular formula is C9H14N4O2. The van der Waals surface area contributed by atoms with E-state index in [0.29, 0.717) is 0 Å². The second-order valence-corrected chi connectivity index (χ2v) is 2.51. The number of aromatic hydroxyl groups is 2. The standard InChI is InChI=1S/C8H8O2.CH6N4/c1-2-6-3-4-7(9)8(10)5-6;2-1(3)5-4/h2-5,9-10H,1H2;4H2,(H4,2,3,5). The molecule has 1 aromatic carbocycles.